The van der Waals surface area contributed by atoms with Crippen LogP contribution in [-0.4, -0.2) is 34.1 Å². The third-order valence-electron chi connectivity index (χ3n) is 2.54. The van der Waals surface area contributed by atoms with Crippen molar-refractivity contribution in [3.05, 3.63) is 0 Å². The minimum Gasteiger partial charge on any atom is -0.307 e. The summed E-state index contributed by atoms with van der Waals surface area (Å²) in [5.74, 6) is 3.97. The summed E-state index contributed by atoms with van der Waals surface area (Å²) in [5.41, 5.74) is 0. The molecule has 2 heterocycles. The Balaban J connectivity index is 1.78. The molecule has 64 valence electrons. The fraction of sp³-hybridized carbons (Fsp3) is 1.00. The van der Waals surface area contributed by atoms with Crippen molar-refractivity contribution >= 4 is 23.5 Å². The maximum absolute atomic E-state index is 3.70. The Labute approximate surface area is 77.1 Å². The van der Waals surface area contributed by atoms with Crippen LogP contribution in [0.15, 0.2) is 0 Å². The summed E-state index contributed by atoms with van der Waals surface area (Å²) in [6.45, 7) is 4.68. The van der Waals surface area contributed by atoms with E-state index < -0.39 is 0 Å². The van der Waals surface area contributed by atoms with E-state index in [0.29, 0.717) is 4.75 Å². The maximum Gasteiger partial charge on any atom is 0.0303 e. The zero-order chi connectivity index (χ0) is 7.90. The average Bonchev–Trinajstić information content (AvgIpc) is 1.83. The van der Waals surface area contributed by atoms with Gasteiger partial charge in [-0.05, 0) is 13.8 Å². The van der Waals surface area contributed by atoms with Gasteiger partial charge < -0.3 is 5.32 Å². The summed E-state index contributed by atoms with van der Waals surface area (Å²) >= 11 is 4.13. The van der Waals surface area contributed by atoms with Gasteiger partial charge in [0, 0.05) is 34.1 Å². The van der Waals surface area contributed by atoms with E-state index in [1.165, 1.54) is 17.3 Å². The first kappa shape index (κ1) is 8.27. The molecule has 1 unspecified atom stereocenters. The summed E-state index contributed by atoms with van der Waals surface area (Å²) in [7, 11) is 0. The zero-order valence-electron chi connectivity index (χ0n) is 7.09. The fourth-order valence-electron chi connectivity index (χ4n) is 1.37. The number of nitrogens with one attached hydrogen (secondary N) is 1. The largest absolute Gasteiger partial charge is 0.307 e. The molecule has 0 aromatic heterocycles. The molecule has 0 spiro atoms. The van der Waals surface area contributed by atoms with Crippen molar-refractivity contribution in [2.45, 2.75) is 30.7 Å². The number of rotatable bonds is 2. The number of hydrogen-bond donors (Lipinski definition) is 1. The molecule has 0 aliphatic carbocycles. The maximum atomic E-state index is 3.70. The topological polar surface area (TPSA) is 12.0 Å². The Morgan fingerprint density at radius 1 is 1.27 bits per heavy atom. The zero-order valence-corrected chi connectivity index (χ0v) is 8.73. The van der Waals surface area contributed by atoms with Crippen molar-refractivity contribution in [3.63, 3.8) is 0 Å². The molecule has 0 saturated carbocycles. The molecule has 1 nitrogen and oxygen atoms in total. The van der Waals surface area contributed by atoms with Crippen LogP contribution >= 0.6 is 23.5 Å². The molecule has 11 heavy (non-hydrogen) atoms. The van der Waals surface area contributed by atoms with Crippen LogP contribution in [0.25, 0.3) is 0 Å². The van der Waals surface area contributed by atoms with Gasteiger partial charge in [-0.25, -0.2) is 0 Å². The van der Waals surface area contributed by atoms with Crippen molar-refractivity contribution < 1.29 is 0 Å². The molecule has 0 amide bonds. The summed E-state index contributed by atoms with van der Waals surface area (Å²) in [4.78, 5) is 0. The third kappa shape index (κ3) is 1.56. The van der Waals surface area contributed by atoms with E-state index in [9.17, 15) is 0 Å². The van der Waals surface area contributed by atoms with Crippen molar-refractivity contribution in [1.82, 2.24) is 5.32 Å². The van der Waals surface area contributed by atoms with Crippen LogP contribution in [0.5, 0.6) is 0 Å². The van der Waals surface area contributed by atoms with Crippen molar-refractivity contribution in [2.75, 3.05) is 17.3 Å². The molecule has 2 aliphatic rings. The molecule has 0 bridgehead atoms. The van der Waals surface area contributed by atoms with Gasteiger partial charge in [-0.3, -0.25) is 0 Å². The van der Waals surface area contributed by atoms with E-state index >= 15 is 0 Å². The lowest BCUT2D eigenvalue weighted by Gasteiger charge is -2.47. The van der Waals surface area contributed by atoms with Gasteiger partial charge in [0.25, 0.3) is 0 Å². The van der Waals surface area contributed by atoms with Crippen LogP contribution in [0.2, 0.25) is 0 Å². The van der Waals surface area contributed by atoms with E-state index in [-0.39, 0.29) is 0 Å². The highest BCUT2D eigenvalue weighted by molar-refractivity contribution is 8.02. The van der Waals surface area contributed by atoms with Crippen LogP contribution < -0.4 is 5.32 Å². The molecular formula is C8H15NS2. The Hall–Kier alpha value is 0.660. The van der Waals surface area contributed by atoms with Gasteiger partial charge in [0.1, 0.15) is 0 Å². The van der Waals surface area contributed by atoms with Crippen LogP contribution in [0.3, 0.4) is 0 Å². The highest BCUT2D eigenvalue weighted by Crippen LogP contribution is 2.40. The standard InChI is InChI=1S/C8H15NS2/c1-8(2)7(5-11-8)9-6-3-10-4-6/h6-7,9H,3-5H2,1-2H3. The highest BCUT2D eigenvalue weighted by atomic mass is 32.2. The first-order chi connectivity index (χ1) is 5.18. The summed E-state index contributed by atoms with van der Waals surface area (Å²) < 4.78 is 0.500. The third-order valence-corrected chi connectivity index (χ3v) is 5.34. The van der Waals surface area contributed by atoms with E-state index in [0.717, 1.165) is 12.1 Å². The van der Waals surface area contributed by atoms with Gasteiger partial charge in [0.15, 0.2) is 0 Å². The molecule has 2 rings (SSSR count). The average molecular weight is 189 g/mol. The van der Waals surface area contributed by atoms with Crippen LogP contribution in [-0.2, 0) is 0 Å². The smallest absolute Gasteiger partial charge is 0.0303 e. The Bertz CT molecular complexity index is 154. The monoisotopic (exact) mass is 189 g/mol. The molecule has 2 fully saturated rings. The predicted molar refractivity (Wildman–Crippen MR) is 54.6 cm³/mol. The second-order valence-electron chi connectivity index (χ2n) is 3.87. The van der Waals surface area contributed by atoms with Gasteiger partial charge >= 0.3 is 0 Å². The molecule has 2 saturated heterocycles. The Kier molecular flexibility index (Phi) is 2.15. The first-order valence-electron chi connectivity index (χ1n) is 4.16. The second kappa shape index (κ2) is 2.86. The molecule has 3 heteroatoms. The van der Waals surface area contributed by atoms with Crippen LogP contribution in [0.4, 0.5) is 0 Å². The van der Waals surface area contributed by atoms with E-state index in [1.807, 2.05) is 0 Å². The summed E-state index contributed by atoms with van der Waals surface area (Å²) in [6.07, 6.45) is 0. The highest BCUT2D eigenvalue weighted by Gasteiger charge is 2.40. The van der Waals surface area contributed by atoms with Crippen molar-refractivity contribution in [3.8, 4) is 0 Å². The van der Waals surface area contributed by atoms with Gasteiger partial charge in [-0.1, -0.05) is 0 Å². The Morgan fingerprint density at radius 2 is 2.00 bits per heavy atom. The van der Waals surface area contributed by atoms with E-state index in [4.69, 9.17) is 0 Å². The van der Waals surface area contributed by atoms with E-state index in [2.05, 4.69) is 42.7 Å². The van der Waals surface area contributed by atoms with Gasteiger partial charge in [0.2, 0.25) is 0 Å². The molecular weight excluding hydrogens is 174 g/mol. The molecule has 0 aromatic carbocycles. The minimum atomic E-state index is 0.500. The first-order valence-corrected chi connectivity index (χ1v) is 6.30. The van der Waals surface area contributed by atoms with Gasteiger partial charge in [-0.2, -0.15) is 23.5 Å². The van der Waals surface area contributed by atoms with Gasteiger partial charge in [0.05, 0.1) is 0 Å². The molecule has 0 aromatic rings. The van der Waals surface area contributed by atoms with Gasteiger partial charge in [-0.15, -0.1) is 0 Å². The van der Waals surface area contributed by atoms with E-state index in [1.54, 1.807) is 0 Å². The van der Waals surface area contributed by atoms with Crippen molar-refractivity contribution in [1.29, 1.82) is 0 Å². The Morgan fingerprint density at radius 3 is 2.27 bits per heavy atom. The molecule has 2 aliphatic heterocycles. The van der Waals surface area contributed by atoms with Crippen molar-refractivity contribution in [2.24, 2.45) is 0 Å². The molecule has 0 radical (unpaired) electrons. The predicted octanol–water partition coefficient (Wildman–Crippen LogP) is 1.59. The fourth-order valence-corrected chi connectivity index (χ4v) is 3.19. The number of hydrogen-bond acceptors (Lipinski definition) is 3. The minimum absolute atomic E-state index is 0.500. The molecule has 1 atom stereocenters. The lowest BCUT2D eigenvalue weighted by molar-refractivity contribution is 0.402. The quantitative estimate of drug-likeness (QED) is 0.708. The van der Waals surface area contributed by atoms with Crippen LogP contribution in [0, 0.1) is 0 Å². The lowest BCUT2D eigenvalue weighted by Crippen LogP contribution is -2.60. The van der Waals surface area contributed by atoms with Crippen LogP contribution in [0.1, 0.15) is 13.8 Å². The number of thioether (sulfide) groups is 2. The second-order valence-corrected chi connectivity index (χ2v) is 6.62. The SMILES string of the molecule is CC1(C)SCC1NC1CSC1. The lowest BCUT2D eigenvalue weighted by atomic mass is 10.0. The summed E-state index contributed by atoms with van der Waals surface area (Å²) in [5, 5.41) is 3.70. The normalized spacial score (nSPS) is 36.0. The summed E-state index contributed by atoms with van der Waals surface area (Å²) in [6, 6.07) is 1.60. The molecule has 1 N–H and O–H groups in total.